The van der Waals surface area contributed by atoms with Crippen molar-refractivity contribution in [1.82, 2.24) is 5.32 Å². The van der Waals surface area contributed by atoms with Crippen LogP contribution < -0.4 is 5.32 Å². The fourth-order valence-electron chi connectivity index (χ4n) is 0.781. The topological polar surface area (TPSA) is 49.3 Å². The molecule has 0 bridgehead atoms. The minimum absolute atomic E-state index is 0.343. The lowest BCUT2D eigenvalue weighted by Gasteiger charge is -2.24. The molecular formula is C9H19NO2. The molecule has 0 aliphatic heterocycles. The number of rotatable bonds is 5. The second kappa shape index (κ2) is 4.45. The van der Waals surface area contributed by atoms with E-state index in [0.29, 0.717) is 19.0 Å². The predicted octanol–water partition coefficient (Wildman–Crippen LogP) is 1.49. The molecule has 0 aromatic rings. The lowest BCUT2D eigenvalue weighted by molar-refractivity contribution is -0.147. The van der Waals surface area contributed by atoms with Gasteiger partial charge in [0.25, 0.3) is 0 Å². The Labute approximate surface area is 74.2 Å². The summed E-state index contributed by atoms with van der Waals surface area (Å²) in [5, 5.41) is 12.0. The van der Waals surface area contributed by atoms with Crippen LogP contribution in [0.15, 0.2) is 0 Å². The second-order valence-corrected chi connectivity index (χ2v) is 3.75. The van der Waals surface area contributed by atoms with Crippen LogP contribution in [0.4, 0.5) is 0 Å². The SMILES string of the molecule is CCC(C)(CNC(C)C)C(=O)O. The van der Waals surface area contributed by atoms with Crippen molar-refractivity contribution < 1.29 is 9.90 Å². The highest BCUT2D eigenvalue weighted by atomic mass is 16.4. The van der Waals surface area contributed by atoms with Gasteiger partial charge in [-0.2, -0.15) is 0 Å². The van der Waals surface area contributed by atoms with Crippen molar-refractivity contribution in [2.75, 3.05) is 6.54 Å². The van der Waals surface area contributed by atoms with Crippen LogP contribution in [0.2, 0.25) is 0 Å². The van der Waals surface area contributed by atoms with Crippen LogP contribution in [0.1, 0.15) is 34.1 Å². The Morgan fingerprint density at radius 1 is 1.58 bits per heavy atom. The van der Waals surface area contributed by atoms with Crippen molar-refractivity contribution >= 4 is 5.97 Å². The van der Waals surface area contributed by atoms with E-state index in [-0.39, 0.29) is 0 Å². The summed E-state index contributed by atoms with van der Waals surface area (Å²) in [6.45, 7) is 8.23. The molecule has 2 N–H and O–H groups in total. The summed E-state index contributed by atoms with van der Waals surface area (Å²) in [5.74, 6) is -0.724. The number of carboxylic acids is 1. The van der Waals surface area contributed by atoms with Gasteiger partial charge in [0.15, 0.2) is 0 Å². The predicted molar refractivity (Wildman–Crippen MR) is 49.2 cm³/mol. The molecule has 12 heavy (non-hydrogen) atoms. The normalized spacial score (nSPS) is 16.1. The molecule has 0 amide bonds. The Balaban J connectivity index is 4.06. The van der Waals surface area contributed by atoms with E-state index < -0.39 is 11.4 Å². The molecule has 3 heteroatoms. The van der Waals surface area contributed by atoms with Gasteiger partial charge in [0.1, 0.15) is 0 Å². The Bertz CT molecular complexity index is 157. The molecule has 0 saturated heterocycles. The number of carboxylic acid groups (broad SMARTS) is 1. The molecule has 1 atom stereocenters. The van der Waals surface area contributed by atoms with Gasteiger partial charge in [-0.1, -0.05) is 20.8 Å². The molecule has 0 radical (unpaired) electrons. The first-order valence-electron chi connectivity index (χ1n) is 4.39. The van der Waals surface area contributed by atoms with Gasteiger partial charge in [0, 0.05) is 12.6 Å². The Morgan fingerprint density at radius 3 is 2.33 bits per heavy atom. The number of nitrogens with one attached hydrogen (secondary N) is 1. The van der Waals surface area contributed by atoms with Gasteiger partial charge in [0.2, 0.25) is 0 Å². The van der Waals surface area contributed by atoms with Crippen molar-refractivity contribution in [2.24, 2.45) is 5.41 Å². The first-order valence-corrected chi connectivity index (χ1v) is 4.39. The van der Waals surface area contributed by atoms with Gasteiger partial charge < -0.3 is 10.4 Å². The van der Waals surface area contributed by atoms with Gasteiger partial charge in [-0.25, -0.2) is 0 Å². The van der Waals surface area contributed by atoms with Crippen LogP contribution in [-0.4, -0.2) is 23.7 Å². The molecule has 0 saturated carbocycles. The van der Waals surface area contributed by atoms with E-state index in [1.807, 2.05) is 20.8 Å². The number of carbonyl (C=O) groups is 1. The fraction of sp³-hybridized carbons (Fsp3) is 0.889. The van der Waals surface area contributed by atoms with Crippen molar-refractivity contribution in [3.8, 4) is 0 Å². The van der Waals surface area contributed by atoms with Gasteiger partial charge >= 0.3 is 5.97 Å². The van der Waals surface area contributed by atoms with E-state index in [4.69, 9.17) is 5.11 Å². The summed E-state index contributed by atoms with van der Waals surface area (Å²) < 4.78 is 0. The quantitative estimate of drug-likeness (QED) is 0.662. The average molecular weight is 173 g/mol. The minimum Gasteiger partial charge on any atom is -0.481 e. The van der Waals surface area contributed by atoms with Crippen LogP contribution in [0.5, 0.6) is 0 Å². The summed E-state index contributed by atoms with van der Waals surface area (Å²) in [6, 6.07) is 0.343. The minimum atomic E-state index is -0.724. The summed E-state index contributed by atoms with van der Waals surface area (Å²) in [6.07, 6.45) is 0.655. The van der Waals surface area contributed by atoms with Crippen molar-refractivity contribution in [2.45, 2.75) is 40.2 Å². The molecular weight excluding hydrogens is 154 g/mol. The fourth-order valence-corrected chi connectivity index (χ4v) is 0.781. The first kappa shape index (κ1) is 11.4. The van der Waals surface area contributed by atoms with Crippen molar-refractivity contribution in [1.29, 1.82) is 0 Å². The van der Waals surface area contributed by atoms with E-state index in [9.17, 15) is 4.79 Å². The van der Waals surface area contributed by atoms with Gasteiger partial charge in [0.05, 0.1) is 5.41 Å². The molecule has 0 aromatic carbocycles. The highest BCUT2D eigenvalue weighted by molar-refractivity contribution is 5.74. The zero-order chi connectivity index (χ0) is 9.78. The monoisotopic (exact) mass is 173 g/mol. The van der Waals surface area contributed by atoms with Gasteiger partial charge in [-0.3, -0.25) is 4.79 Å². The third-order valence-corrected chi connectivity index (χ3v) is 2.20. The van der Waals surface area contributed by atoms with Crippen LogP contribution in [0, 0.1) is 5.41 Å². The van der Waals surface area contributed by atoms with Crippen LogP contribution >= 0.6 is 0 Å². The summed E-state index contributed by atoms with van der Waals surface area (Å²) in [7, 11) is 0. The van der Waals surface area contributed by atoms with Gasteiger partial charge in [-0.05, 0) is 13.3 Å². The first-order chi connectivity index (χ1) is 5.42. The van der Waals surface area contributed by atoms with Crippen molar-refractivity contribution in [3.05, 3.63) is 0 Å². The third kappa shape index (κ3) is 3.22. The zero-order valence-corrected chi connectivity index (χ0v) is 8.35. The highest BCUT2D eigenvalue weighted by Crippen LogP contribution is 2.19. The van der Waals surface area contributed by atoms with E-state index >= 15 is 0 Å². The molecule has 0 heterocycles. The highest BCUT2D eigenvalue weighted by Gasteiger charge is 2.30. The molecule has 0 spiro atoms. The summed E-state index contributed by atoms with van der Waals surface area (Å²) >= 11 is 0. The zero-order valence-electron chi connectivity index (χ0n) is 8.35. The third-order valence-electron chi connectivity index (χ3n) is 2.20. The Kier molecular flexibility index (Phi) is 4.24. The number of hydrogen-bond acceptors (Lipinski definition) is 2. The van der Waals surface area contributed by atoms with Crippen molar-refractivity contribution in [3.63, 3.8) is 0 Å². The summed E-state index contributed by atoms with van der Waals surface area (Å²) in [5.41, 5.74) is -0.621. The average Bonchev–Trinajstić information content (AvgIpc) is 1.99. The molecule has 3 nitrogen and oxygen atoms in total. The molecule has 1 unspecified atom stereocenters. The maximum Gasteiger partial charge on any atom is 0.310 e. The molecule has 0 fully saturated rings. The van der Waals surface area contributed by atoms with E-state index in [1.165, 1.54) is 0 Å². The summed E-state index contributed by atoms with van der Waals surface area (Å²) in [4.78, 5) is 10.8. The maximum atomic E-state index is 10.8. The lowest BCUT2D eigenvalue weighted by atomic mass is 9.87. The molecule has 0 aliphatic rings. The lowest BCUT2D eigenvalue weighted by Crippen LogP contribution is -2.40. The molecule has 72 valence electrons. The number of aliphatic carboxylic acids is 1. The molecule has 0 rings (SSSR count). The maximum absolute atomic E-state index is 10.8. The van der Waals surface area contributed by atoms with Crippen LogP contribution in [0.3, 0.4) is 0 Å². The Hall–Kier alpha value is -0.570. The smallest absolute Gasteiger partial charge is 0.310 e. The van der Waals surface area contributed by atoms with Gasteiger partial charge in [-0.15, -0.1) is 0 Å². The van der Waals surface area contributed by atoms with E-state index in [2.05, 4.69) is 5.32 Å². The standard InChI is InChI=1S/C9H19NO2/c1-5-9(4,8(11)12)6-10-7(2)3/h7,10H,5-6H2,1-4H3,(H,11,12). The van der Waals surface area contributed by atoms with Crippen LogP contribution in [-0.2, 0) is 4.79 Å². The van der Waals surface area contributed by atoms with E-state index in [1.54, 1.807) is 6.92 Å². The van der Waals surface area contributed by atoms with E-state index in [0.717, 1.165) is 0 Å². The Morgan fingerprint density at radius 2 is 2.08 bits per heavy atom. The number of hydrogen-bond donors (Lipinski definition) is 2. The largest absolute Gasteiger partial charge is 0.481 e. The van der Waals surface area contributed by atoms with Crippen LogP contribution in [0.25, 0.3) is 0 Å². The second-order valence-electron chi connectivity index (χ2n) is 3.75. The molecule has 0 aliphatic carbocycles. The molecule has 0 aromatic heterocycles.